The van der Waals surface area contributed by atoms with E-state index >= 15 is 0 Å². The van der Waals surface area contributed by atoms with Crippen molar-refractivity contribution in [2.45, 2.75) is 6.92 Å². The minimum Gasteiger partial charge on any atom is -0.383 e. The summed E-state index contributed by atoms with van der Waals surface area (Å²) >= 11 is 0. The molecule has 0 bridgehead atoms. The van der Waals surface area contributed by atoms with Crippen molar-refractivity contribution in [3.05, 3.63) is 33.9 Å². The lowest BCUT2D eigenvalue weighted by molar-refractivity contribution is -0.384. The van der Waals surface area contributed by atoms with Gasteiger partial charge in [0.15, 0.2) is 0 Å². The van der Waals surface area contributed by atoms with E-state index in [1.807, 2.05) is 0 Å². The topological polar surface area (TPSA) is 93.5 Å². The molecule has 0 aromatic heterocycles. The number of hydrogen-bond donors (Lipinski definition) is 2. The van der Waals surface area contributed by atoms with Gasteiger partial charge >= 0.3 is 0 Å². The highest BCUT2D eigenvalue weighted by Gasteiger charge is 2.16. The second-order valence-electron chi connectivity index (χ2n) is 3.10. The maximum Gasteiger partial charge on any atom is 0.293 e. The van der Waals surface area contributed by atoms with Crippen molar-refractivity contribution in [1.82, 2.24) is 5.48 Å². The molecule has 1 rings (SSSR count). The Morgan fingerprint density at radius 1 is 1.53 bits per heavy atom. The molecule has 1 aromatic rings. The Morgan fingerprint density at radius 3 is 2.76 bits per heavy atom. The standard InChI is InChI=1S/C10H13N3O4/c1-3-17-12-10(14)7-4-5-8(11-2)9(6-7)13(15)16/h4-6,11H,3H2,1-2H3,(H,12,14). The first kappa shape index (κ1) is 12.9. The van der Waals surface area contributed by atoms with Gasteiger partial charge in [0.2, 0.25) is 0 Å². The summed E-state index contributed by atoms with van der Waals surface area (Å²) in [6, 6.07) is 4.15. The molecule has 0 aliphatic rings. The van der Waals surface area contributed by atoms with Gasteiger partial charge in [-0.3, -0.25) is 19.7 Å². The fourth-order valence-corrected chi connectivity index (χ4v) is 1.23. The highest BCUT2D eigenvalue weighted by atomic mass is 16.6. The van der Waals surface area contributed by atoms with Crippen molar-refractivity contribution in [3.8, 4) is 0 Å². The molecule has 0 unspecified atom stereocenters. The van der Waals surface area contributed by atoms with E-state index in [1.54, 1.807) is 14.0 Å². The highest BCUT2D eigenvalue weighted by molar-refractivity contribution is 5.95. The molecule has 0 radical (unpaired) electrons. The lowest BCUT2D eigenvalue weighted by atomic mass is 10.1. The van der Waals surface area contributed by atoms with Gasteiger partial charge < -0.3 is 5.32 Å². The van der Waals surface area contributed by atoms with Gasteiger partial charge in [0, 0.05) is 18.7 Å². The van der Waals surface area contributed by atoms with E-state index in [-0.39, 0.29) is 11.3 Å². The summed E-state index contributed by atoms with van der Waals surface area (Å²) in [7, 11) is 1.57. The van der Waals surface area contributed by atoms with E-state index in [0.717, 1.165) is 0 Å². The van der Waals surface area contributed by atoms with Crippen LogP contribution in [0.15, 0.2) is 18.2 Å². The highest BCUT2D eigenvalue weighted by Crippen LogP contribution is 2.24. The minimum absolute atomic E-state index is 0.156. The van der Waals surface area contributed by atoms with Crippen LogP contribution in [0.25, 0.3) is 0 Å². The Bertz CT molecular complexity index is 434. The molecule has 1 amide bonds. The molecule has 0 heterocycles. The van der Waals surface area contributed by atoms with Crippen molar-refractivity contribution < 1.29 is 14.6 Å². The van der Waals surface area contributed by atoms with Crippen LogP contribution in [0.5, 0.6) is 0 Å². The van der Waals surface area contributed by atoms with Crippen LogP contribution in [-0.2, 0) is 4.84 Å². The summed E-state index contributed by atoms with van der Waals surface area (Å²) in [5.41, 5.74) is 2.53. The van der Waals surface area contributed by atoms with Crippen LogP contribution in [0, 0.1) is 10.1 Å². The van der Waals surface area contributed by atoms with Gasteiger partial charge in [-0.1, -0.05) is 0 Å². The zero-order valence-electron chi connectivity index (χ0n) is 9.52. The molecular formula is C10H13N3O4. The molecular weight excluding hydrogens is 226 g/mol. The number of nitrogens with zero attached hydrogens (tertiary/aromatic N) is 1. The molecule has 0 aliphatic carbocycles. The minimum atomic E-state index is -0.552. The predicted molar refractivity (Wildman–Crippen MR) is 61.7 cm³/mol. The number of hydrogen-bond acceptors (Lipinski definition) is 5. The van der Waals surface area contributed by atoms with Gasteiger partial charge in [0.05, 0.1) is 11.5 Å². The van der Waals surface area contributed by atoms with Crippen molar-refractivity contribution >= 4 is 17.3 Å². The summed E-state index contributed by atoms with van der Waals surface area (Å²) in [4.78, 5) is 26.4. The molecule has 0 aliphatic heterocycles. The first-order chi connectivity index (χ1) is 8.10. The predicted octanol–water partition coefficient (Wildman–Crippen LogP) is 1.32. The molecule has 1 aromatic carbocycles. The van der Waals surface area contributed by atoms with Crippen molar-refractivity contribution in [1.29, 1.82) is 0 Å². The molecule has 7 heteroatoms. The maximum atomic E-state index is 11.5. The van der Waals surface area contributed by atoms with Crippen LogP contribution in [0.1, 0.15) is 17.3 Å². The van der Waals surface area contributed by atoms with Crippen LogP contribution >= 0.6 is 0 Å². The molecule has 2 N–H and O–H groups in total. The Balaban J connectivity index is 2.99. The van der Waals surface area contributed by atoms with Crippen LogP contribution in [-0.4, -0.2) is 24.5 Å². The van der Waals surface area contributed by atoms with E-state index in [2.05, 4.69) is 10.8 Å². The van der Waals surface area contributed by atoms with Crippen LogP contribution in [0.2, 0.25) is 0 Å². The zero-order chi connectivity index (χ0) is 12.8. The molecule has 0 fully saturated rings. The van der Waals surface area contributed by atoms with E-state index in [1.165, 1.54) is 18.2 Å². The third-order valence-electron chi connectivity index (χ3n) is 2.04. The molecule has 0 saturated carbocycles. The van der Waals surface area contributed by atoms with Crippen LogP contribution in [0.4, 0.5) is 11.4 Å². The van der Waals surface area contributed by atoms with Gasteiger partial charge in [-0.15, -0.1) is 0 Å². The average molecular weight is 239 g/mol. The monoisotopic (exact) mass is 239 g/mol. The van der Waals surface area contributed by atoms with E-state index in [0.29, 0.717) is 12.3 Å². The molecule has 0 saturated heterocycles. The Hall–Kier alpha value is -2.15. The summed E-state index contributed by atoms with van der Waals surface area (Å²) in [6.07, 6.45) is 0. The molecule has 92 valence electrons. The Morgan fingerprint density at radius 2 is 2.24 bits per heavy atom. The van der Waals surface area contributed by atoms with E-state index < -0.39 is 10.8 Å². The number of amides is 1. The number of nitro groups is 1. The summed E-state index contributed by atoms with van der Waals surface area (Å²) in [6.45, 7) is 2.04. The number of carbonyl (C=O) groups is 1. The van der Waals surface area contributed by atoms with Crippen molar-refractivity contribution in [2.24, 2.45) is 0 Å². The van der Waals surface area contributed by atoms with E-state index in [4.69, 9.17) is 4.84 Å². The van der Waals surface area contributed by atoms with Crippen molar-refractivity contribution in [2.75, 3.05) is 19.0 Å². The largest absolute Gasteiger partial charge is 0.383 e. The zero-order valence-corrected chi connectivity index (χ0v) is 9.52. The van der Waals surface area contributed by atoms with Gasteiger partial charge in [-0.25, -0.2) is 5.48 Å². The molecule has 0 spiro atoms. The molecule has 7 nitrogen and oxygen atoms in total. The average Bonchev–Trinajstić information content (AvgIpc) is 2.34. The third kappa shape index (κ3) is 3.15. The van der Waals surface area contributed by atoms with Crippen LogP contribution in [0.3, 0.4) is 0 Å². The Labute approximate surface area is 97.9 Å². The molecule has 0 atom stereocenters. The molecule has 17 heavy (non-hydrogen) atoms. The maximum absolute atomic E-state index is 11.5. The fraction of sp³-hybridized carbons (Fsp3) is 0.300. The smallest absolute Gasteiger partial charge is 0.293 e. The second kappa shape index (κ2) is 5.80. The van der Waals surface area contributed by atoms with Crippen molar-refractivity contribution in [3.63, 3.8) is 0 Å². The lowest BCUT2D eigenvalue weighted by Crippen LogP contribution is -2.23. The van der Waals surface area contributed by atoms with E-state index in [9.17, 15) is 14.9 Å². The fourth-order valence-electron chi connectivity index (χ4n) is 1.23. The van der Waals surface area contributed by atoms with Crippen LogP contribution < -0.4 is 10.8 Å². The number of anilines is 1. The summed E-state index contributed by atoms with van der Waals surface area (Å²) in [5, 5.41) is 13.5. The summed E-state index contributed by atoms with van der Waals surface area (Å²) < 4.78 is 0. The second-order valence-corrected chi connectivity index (χ2v) is 3.10. The van der Waals surface area contributed by atoms with Gasteiger partial charge in [-0.2, -0.15) is 0 Å². The number of benzene rings is 1. The quantitative estimate of drug-likeness (QED) is 0.597. The number of rotatable bonds is 5. The number of nitro benzene ring substituents is 1. The third-order valence-corrected chi connectivity index (χ3v) is 2.04. The normalized spacial score (nSPS) is 9.76. The summed E-state index contributed by atoms with van der Waals surface area (Å²) in [5.74, 6) is -0.516. The number of carbonyl (C=O) groups excluding carboxylic acids is 1. The first-order valence-electron chi connectivity index (χ1n) is 4.98. The lowest BCUT2D eigenvalue weighted by Gasteiger charge is -2.06. The van der Waals surface area contributed by atoms with Gasteiger partial charge in [-0.05, 0) is 19.1 Å². The first-order valence-corrected chi connectivity index (χ1v) is 4.98. The SMILES string of the molecule is CCONC(=O)c1ccc(NC)c([N+](=O)[O-])c1. The van der Waals surface area contributed by atoms with Gasteiger partial charge in [0.1, 0.15) is 5.69 Å². The number of hydroxylamine groups is 1. The Kier molecular flexibility index (Phi) is 4.41. The van der Waals surface area contributed by atoms with Gasteiger partial charge in [0.25, 0.3) is 11.6 Å². The number of nitrogens with one attached hydrogen (secondary N) is 2.